The molecule has 3 rings (SSSR count). The minimum Gasteiger partial charge on any atom is -0.381 e. The van der Waals surface area contributed by atoms with Crippen LogP contribution in [0.2, 0.25) is 0 Å². The predicted molar refractivity (Wildman–Crippen MR) is 71.2 cm³/mol. The van der Waals surface area contributed by atoms with Gasteiger partial charge in [0.1, 0.15) is 0 Å². The lowest BCUT2D eigenvalue weighted by molar-refractivity contribution is 0.578. The van der Waals surface area contributed by atoms with E-state index in [0.717, 1.165) is 21.6 Å². The summed E-state index contributed by atoms with van der Waals surface area (Å²) in [7, 11) is 1.93. The molecule has 0 saturated heterocycles. The molecule has 0 radical (unpaired) electrons. The van der Waals surface area contributed by atoms with Gasteiger partial charge in [0.25, 0.3) is 0 Å². The molecular weight excluding hydrogens is 296 g/mol. The molecule has 1 aliphatic rings. The Bertz CT molecular complexity index is 595. The summed E-state index contributed by atoms with van der Waals surface area (Å²) >= 11 is 3.57. The van der Waals surface area contributed by atoms with Crippen molar-refractivity contribution in [2.75, 3.05) is 5.73 Å². The molecule has 0 aromatic carbocycles. The van der Waals surface area contributed by atoms with Gasteiger partial charge in [-0.2, -0.15) is 5.10 Å². The molecule has 18 heavy (non-hydrogen) atoms. The predicted octanol–water partition coefficient (Wildman–Crippen LogP) is 1.59. The van der Waals surface area contributed by atoms with Gasteiger partial charge >= 0.3 is 0 Å². The van der Waals surface area contributed by atoms with E-state index >= 15 is 0 Å². The van der Waals surface area contributed by atoms with Crippen LogP contribution in [0, 0.1) is 6.92 Å². The van der Waals surface area contributed by atoms with E-state index in [0.29, 0.717) is 18.3 Å². The van der Waals surface area contributed by atoms with Crippen molar-refractivity contribution in [2.45, 2.75) is 32.2 Å². The van der Waals surface area contributed by atoms with Gasteiger partial charge in [0.2, 0.25) is 0 Å². The highest BCUT2D eigenvalue weighted by atomic mass is 79.9. The maximum atomic E-state index is 5.89. The number of hydrogen-bond acceptors (Lipinski definition) is 4. The van der Waals surface area contributed by atoms with Crippen LogP contribution in [0.4, 0.5) is 5.82 Å². The van der Waals surface area contributed by atoms with Crippen LogP contribution in [-0.4, -0.2) is 24.8 Å². The molecule has 2 heterocycles. The van der Waals surface area contributed by atoms with Gasteiger partial charge < -0.3 is 5.73 Å². The topological polar surface area (TPSA) is 74.5 Å². The summed E-state index contributed by atoms with van der Waals surface area (Å²) in [6.45, 7) is 2.62. The van der Waals surface area contributed by atoms with E-state index in [2.05, 4.69) is 31.3 Å². The Hall–Kier alpha value is -1.37. The number of nitrogens with two attached hydrogens (primary N) is 1. The zero-order valence-electron chi connectivity index (χ0n) is 10.4. The van der Waals surface area contributed by atoms with Crippen molar-refractivity contribution in [3.63, 3.8) is 0 Å². The molecule has 0 spiro atoms. The number of rotatable bonds is 3. The highest BCUT2D eigenvalue weighted by Gasteiger charge is 2.31. The van der Waals surface area contributed by atoms with E-state index in [9.17, 15) is 0 Å². The molecular formula is C11H15BrN6. The summed E-state index contributed by atoms with van der Waals surface area (Å²) in [6, 6.07) is 0. The minimum atomic E-state index is 0.535. The van der Waals surface area contributed by atoms with Crippen LogP contribution in [0.5, 0.6) is 0 Å². The number of hydrogen-bond donors (Lipinski definition) is 1. The molecule has 0 bridgehead atoms. The first-order valence-electron chi connectivity index (χ1n) is 5.94. The van der Waals surface area contributed by atoms with Gasteiger partial charge in [-0.25, -0.2) is 4.68 Å². The number of aryl methyl sites for hydroxylation is 2. The fourth-order valence-electron chi connectivity index (χ4n) is 2.22. The highest BCUT2D eigenvalue weighted by molar-refractivity contribution is 9.10. The number of nitrogens with zero attached hydrogens (tertiary/aromatic N) is 5. The summed E-state index contributed by atoms with van der Waals surface area (Å²) < 4.78 is 4.79. The minimum absolute atomic E-state index is 0.535. The van der Waals surface area contributed by atoms with Crippen molar-refractivity contribution in [3.8, 4) is 0 Å². The molecule has 7 heteroatoms. The quantitative estimate of drug-likeness (QED) is 0.934. The fourth-order valence-corrected chi connectivity index (χ4v) is 2.68. The Kier molecular flexibility index (Phi) is 2.65. The monoisotopic (exact) mass is 310 g/mol. The van der Waals surface area contributed by atoms with Crippen LogP contribution < -0.4 is 5.73 Å². The molecule has 1 saturated carbocycles. The van der Waals surface area contributed by atoms with Gasteiger partial charge in [0.15, 0.2) is 5.82 Å². The second-order valence-corrected chi connectivity index (χ2v) is 5.55. The van der Waals surface area contributed by atoms with Crippen molar-refractivity contribution in [2.24, 2.45) is 7.05 Å². The Balaban J connectivity index is 1.97. The number of aromatic nitrogens is 5. The SMILES string of the molecule is Cc1nn(C)c(Cn2nnc(N)c2C2CC2)c1Br. The lowest BCUT2D eigenvalue weighted by atomic mass is 10.3. The van der Waals surface area contributed by atoms with Gasteiger partial charge in [-0.1, -0.05) is 5.21 Å². The van der Waals surface area contributed by atoms with Crippen LogP contribution in [0.1, 0.15) is 35.8 Å². The Morgan fingerprint density at radius 1 is 1.44 bits per heavy atom. The van der Waals surface area contributed by atoms with Crippen molar-refractivity contribution >= 4 is 21.7 Å². The zero-order valence-corrected chi connectivity index (χ0v) is 12.0. The Morgan fingerprint density at radius 3 is 2.72 bits per heavy atom. The smallest absolute Gasteiger partial charge is 0.169 e. The van der Waals surface area contributed by atoms with Crippen LogP contribution >= 0.6 is 15.9 Å². The van der Waals surface area contributed by atoms with Crippen LogP contribution in [0.15, 0.2) is 4.47 Å². The average Bonchev–Trinajstić information content (AvgIpc) is 3.05. The van der Waals surface area contributed by atoms with Gasteiger partial charge in [-0.3, -0.25) is 4.68 Å². The lowest BCUT2D eigenvalue weighted by Crippen LogP contribution is -2.10. The van der Waals surface area contributed by atoms with E-state index in [1.807, 2.05) is 23.3 Å². The molecule has 6 nitrogen and oxygen atoms in total. The summed E-state index contributed by atoms with van der Waals surface area (Å²) in [5.41, 5.74) is 9.02. The Morgan fingerprint density at radius 2 is 2.17 bits per heavy atom. The normalized spacial score (nSPS) is 15.3. The fraction of sp³-hybridized carbons (Fsp3) is 0.545. The summed E-state index contributed by atoms with van der Waals surface area (Å²) in [4.78, 5) is 0. The maximum Gasteiger partial charge on any atom is 0.169 e. The molecule has 0 aliphatic heterocycles. The second kappa shape index (κ2) is 4.08. The van der Waals surface area contributed by atoms with Crippen LogP contribution in [0.25, 0.3) is 0 Å². The molecule has 0 amide bonds. The van der Waals surface area contributed by atoms with E-state index in [4.69, 9.17) is 5.73 Å². The number of nitrogen functional groups attached to an aromatic ring is 1. The van der Waals surface area contributed by atoms with E-state index < -0.39 is 0 Å². The molecule has 2 aromatic rings. The molecule has 0 unspecified atom stereocenters. The molecule has 1 fully saturated rings. The van der Waals surface area contributed by atoms with Crippen LogP contribution in [0.3, 0.4) is 0 Å². The van der Waals surface area contributed by atoms with E-state index in [-0.39, 0.29) is 0 Å². The Labute approximate surface area is 113 Å². The standard InChI is InChI=1S/C11H15BrN6/c1-6-9(12)8(17(2)15-6)5-18-10(7-3-4-7)11(13)14-16-18/h7H,3-5,13H2,1-2H3. The third kappa shape index (κ3) is 1.82. The third-order valence-corrected chi connectivity index (χ3v) is 4.36. The largest absolute Gasteiger partial charge is 0.381 e. The van der Waals surface area contributed by atoms with Crippen molar-refractivity contribution < 1.29 is 0 Å². The molecule has 0 atom stereocenters. The van der Waals surface area contributed by atoms with Crippen LogP contribution in [-0.2, 0) is 13.6 Å². The molecule has 2 aromatic heterocycles. The third-order valence-electron chi connectivity index (χ3n) is 3.33. The van der Waals surface area contributed by atoms with Crippen molar-refractivity contribution in [3.05, 3.63) is 21.6 Å². The van der Waals surface area contributed by atoms with E-state index in [1.165, 1.54) is 12.8 Å². The first kappa shape index (κ1) is 11.7. The average molecular weight is 311 g/mol. The first-order chi connectivity index (χ1) is 8.58. The molecule has 1 aliphatic carbocycles. The van der Waals surface area contributed by atoms with E-state index in [1.54, 1.807) is 0 Å². The summed E-state index contributed by atoms with van der Waals surface area (Å²) in [5.74, 6) is 1.10. The molecule has 2 N–H and O–H groups in total. The summed E-state index contributed by atoms with van der Waals surface area (Å²) in [5, 5.41) is 12.5. The number of halogens is 1. The van der Waals surface area contributed by atoms with Gasteiger partial charge in [-0.05, 0) is 35.7 Å². The zero-order chi connectivity index (χ0) is 12.9. The van der Waals surface area contributed by atoms with Crippen molar-refractivity contribution in [1.29, 1.82) is 0 Å². The highest BCUT2D eigenvalue weighted by Crippen LogP contribution is 2.42. The second-order valence-electron chi connectivity index (χ2n) is 4.76. The maximum absolute atomic E-state index is 5.89. The van der Waals surface area contributed by atoms with Gasteiger partial charge in [0.05, 0.1) is 28.1 Å². The van der Waals surface area contributed by atoms with Crippen molar-refractivity contribution in [1.82, 2.24) is 24.8 Å². The molecule has 96 valence electrons. The lowest BCUT2D eigenvalue weighted by Gasteiger charge is -2.06. The van der Waals surface area contributed by atoms with Gasteiger partial charge in [-0.15, -0.1) is 5.10 Å². The number of anilines is 1. The first-order valence-corrected chi connectivity index (χ1v) is 6.74. The summed E-state index contributed by atoms with van der Waals surface area (Å²) in [6.07, 6.45) is 2.37. The van der Waals surface area contributed by atoms with Gasteiger partial charge in [0, 0.05) is 13.0 Å².